The molecule has 0 bridgehead atoms. The van der Waals surface area contributed by atoms with Gasteiger partial charge in [-0.2, -0.15) is 0 Å². The molecule has 0 amide bonds. The van der Waals surface area contributed by atoms with Crippen molar-refractivity contribution >= 4 is 49.4 Å². The van der Waals surface area contributed by atoms with Gasteiger partial charge in [0.15, 0.2) is 0 Å². The second kappa shape index (κ2) is 7.56. The van der Waals surface area contributed by atoms with Crippen molar-refractivity contribution in [3.05, 3.63) is 140 Å². The quantitative estimate of drug-likeness (QED) is 0.204. The third-order valence-electron chi connectivity index (χ3n) is 8.96. The van der Waals surface area contributed by atoms with Crippen molar-refractivity contribution in [2.24, 2.45) is 0 Å². The van der Waals surface area contributed by atoms with Gasteiger partial charge in [0.2, 0.25) is 0 Å². The molecule has 0 spiro atoms. The summed E-state index contributed by atoms with van der Waals surface area (Å²) in [7, 11) is 0. The summed E-state index contributed by atoms with van der Waals surface area (Å²) in [6.45, 7) is 0. The monoisotopic (exact) mass is 521 g/mol. The molecule has 0 radical (unpaired) electrons. The van der Waals surface area contributed by atoms with E-state index in [-0.39, 0.29) is 0 Å². The van der Waals surface area contributed by atoms with Crippen LogP contribution < -0.4 is 0 Å². The average Bonchev–Trinajstić information content (AvgIpc) is 3.63. The van der Waals surface area contributed by atoms with Gasteiger partial charge in [0.25, 0.3) is 0 Å². The maximum absolute atomic E-state index is 2.48. The van der Waals surface area contributed by atoms with Gasteiger partial charge in [-0.1, -0.05) is 84.9 Å². The summed E-state index contributed by atoms with van der Waals surface area (Å²) in [4.78, 5) is 0. The summed E-state index contributed by atoms with van der Waals surface area (Å²) in [5.74, 6) is 0. The van der Waals surface area contributed by atoms with Crippen LogP contribution in [-0.4, -0.2) is 13.5 Å². The molecular weight excluding hydrogens is 498 g/mol. The Morgan fingerprint density at radius 1 is 0.366 bits per heavy atom. The van der Waals surface area contributed by atoms with Gasteiger partial charge in [-0.3, -0.25) is 8.97 Å². The number of hydrogen-bond donors (Lipinski definition) is 0. The Morgan fingerprint density at radius 3 is 1.88 bits per heavy atom. The summed E-state index contributed by atoms with van der Waals surface area (Å²) in [5, 5.41) is 3.82. The van der Waals surface area contributed by atoms with E-state index in [1.807, 2.05) is 0 Å². The van der Waals surface area contributed by atoms with Gasteiger partial charge >= 0.3 is 0 Å². The highest BCUT2D eigenvalue weighted by atomic mass is 15.1. The molecule has 0 saturated heterocycles. The van der Waals surface area contributed by atoms with Crippen molar-refractivity contribution in [2.75, 3.05) is 0 Å². The highest BCUT2D eigenvalue weighted by molar-refractivity contribution is 6.18. The Kier molecular flexibility index (Phi) is 3.93. The summed E-state index contributed by atoms with van der Waals surface area (Å²) < 4.78 is 7.36. The molecule has 0 saturated carbocycles. The third-order valence-corrected chi connectivity index (χ3v) is 8.96. The number of rotatable bonds is 1. The first kappa shape index (κ1) is 21.3. The van der Waals surface area contributed by atoms with Crippen molar-refractivity contribution < 1.29 is 0 Å². The summed E-state index contributed by atoms with van der Waals surface area (Å²) in [6, 6.07) is 51.0. The maximum atomic E-state index is 2.48. The fourth-order valence-corrected chi connectivity index (χ4v) is 7.34. The molecule has 6 aromatic carbocycles. The molecule has 9 aromatic rings. The van der Waals surface area contributed by atoms with E-state index in [0.29, 0.717) is 0 Å². The van der Waals surface area contributed by atoms with Crippen LogP contribution in [0.3, 0.4) is 0 Å². The first-order valence-corrected chi connectivity index (χ1v) is 14.1. The van der Waals surface area contributed by atoms with Gasteiger partial charge < -0.3 is 4.57 Å². The molecule has 3 nitrogen and oxygen atoms in total. The molecule has 3 aromatic heterocycles. The van der Waals surface area contributed by atoms with E-state index in [1.165, 1.54) is 83.0 Å². The number of para-hydroxylation sites is 6. The molecule has 0 aliphatic carbocycles. The molecule has 10 rings (SSSR count). The van der Waals surface area contributed by atoms with Crippen molar-refractivity contribution in [1.29, 1.82) is 0 Å². The van der Waals surface area contributed by atoms with Crippen LogP contribution in [0.4, 0.5) is 0 Å². The van der Waals surface area contributed by atoms with Crippen LogP contribution in [0.25, 0.3) is 83.0 Å². The standard InChI is InChI=1S/C38H23N3/c1-2-12-24(13-3-1)39-31-17-7-5-15-26(31)29-22-28-25-14-4-8-18-32(25)40-34-20-10-11-21-35(34)41-33-19-9-6-16-27(33)37(38(40)41)30(28)23-36(29)39/h1-23H. The molecule has 0 N–H and O–H groups in total. The molecule has 1 aliphatic rings. The lowest BCUT2D eigenvalue weighted by Crippen LogP contribution is -1.95. The average molecular weight is 522 g/mol. The second-order valence-corrected chi connectivity index (χ2v) is 11.0. The van der Waals surface area contributed by atoms with Crippen LogP contribution in [0.5, 0.6) is 0 Å². The highest BCUT2D eigenvalue weighted by Gasteiger charge is 2.29. The van der Waals surface area contributed by atoms with Gasteiger partial charge in [-0.25, -0.2) is 0 Å². The number of hydrogen-bond acceptors (Lipinski definition) is 0. The molecule has 190 valence electrons. The minimum absolute atomic E-state index is 1.17. The van der Waals surface area contributed by atoms with E-state index >= 15 is 0 Å². The van der Waals surface area contributed by atoms with E-state index in [2.05, 4.69) is 153 Å². The van der Waals surface area contributed by atoms with E-state index in [4.69, 9.17) is 0 Å². The number of benzene rings is 6. The van der Waals surface area contributed by atoms with Crippen LogP contribution in [0.15, 0.2) is 140 Å². The van der Waals surface area contributed by atoms with Crippen LogP contribution in [0, 0.1) is 0 Å². The minimum Gasteiger partial charge on any atom is -0.309 e. The number of fused-ring (bicyclic) bond motifs is 14. The largest absolute Gasteiger partial charge is 0.309 e. The lowest BCUT2D eigenvalue weighted by atomic mass is 9.92. The van der Waals surface area contributed by atoms with Crippen LogP contribution in [0.2, 0.25) is 0 Å². The van der Waals surface area contributed by atoms with Gasteiger partial charge in [-0.05, 0) is 65.7 Å². The van der Waals surface area contributed by atoms with E-state index in [1.54, 1.807) is 0 Å². The second-order valence-electron chi connectivity index (χ2n) is 11.0. The smallest absolute Gasteiger partial charge is 0.131 e. The summed E-state index contributed by atoms with van der Waals surface area (Å²) >= 11 is 0. The molecular formula is C38H23N3. The van der Waals surface area contributed by atoms with E-state index < -0.39 is 0 Å². The van der Waals surface area contributed by atoms with Gasteiger partial charge in [0, 0.05) is 33.0 Å². The lowest BCUT2D eigenvalue weighted by Gasteiger charge is -2.13. The van der Waals surface area contributed by atoms with E-state index in [9.17, 15) is 0 Å². The highest BCUT2D eigenvalue weighted by Crippen LogP contribution is 2.50. The predicted molar refractivity (Wildman–Crippen MR) is 171 cm³/mol. The van der Waals surface area contributed by atoms with Crippen molar-refractivity contribution in [3.8, 4) is 33.6 Å². The number of imidazole rings is 1. The maximum Gasteiger partial charge on any atom is 0.131 e. The minimum atomic E-state index is 1.17. The Hall–Kier alpha value is -5.54. The third kappa shape index (κ3) is 2.59. The van der Waals surface area contributed by atoms with Crippen molar-refractivity contribution in [3.63, 3.8) is 0 Å². The zero-order chi connectivity index (χ0) is 26.7. The fourth-order valence-electron chi connectivity index (χ4n) is 7.34. The van der Waals surface area contributed by atoms with Gasteiger partial charge in [0.05, 0.1) is 33.3 Å². The number of nitrogens with zero attached hydrogens (tertiary/aromatic N) is 3. The molecule has 0 fully saturated rings. The zero-order valence-electron chi connectivity index (χ0n) is 22.1. The van der Waals surface area contributed by atoms with Crippen LogP contribution in [0.1, 0.15) is 0 Å². The summed E-state index contributed by atoms with van der Waals surface area (Å²) in [5.41, 5.74) is 14.8. The first-order valence-electron chi connectivity index (χ1n) is 14.1. The van der Waals surface area contributed by atoms with E-state index in [0.717, 1.165) is 0 Å². The Bertz CT molecular complexity index is 2520. The van der Waals surface area contributed by atoms with Crippen LogP contribution in [-0.2, 0) is 0 Å². The van der Waals surface area contributed by atoms with Gasteiger partial charge in [0.1, 0.15) is 5.65 Å². The predicted octanol–water partition coefficient (Wildman–Crippen LogP) is 9.78. The molecule has 3 heteroatoms. The molecule has 4 heterocycles. The molecule has 0 unspecified atom stereocenters. The van der Waals surface area contributed by atoms with Crippen molar-refractivity contribution in [1.82, 2.24) is 13.5 Å². The molecule has 1 aliphatic heterocycles. The Labute approximate surface area is 235 Å². The number of aromatic nitrogens is 3. The van der Waals surface area contributed by atoms with Gasteiger partial charge in [-0.15, -0.1) is 0 Å². The summed E-state index contributed by atoms with van der Waals surface area (Å²) in [6.07, 6.45) is 0. The Morgan fingerprint density at radius 2 is 1.02 bits per heavy atom. The topological polar surface area (TPSA) is 14.3 Å². The molecule has 41 heavy (non-hydrogen) atoms. The zero-order valence-corrected chi connectivity index (χ0v) is 22.1. The Balaban J connectivity index is 1.49. The molecule has 0 atom stereocenters. The van der Waals surface area contributed by atoms with Crippen molar-refractivity contribution in [2.45, 2.75) is 0 Å². The first-order chi connectivity index (χ1) is 20.4. The lowest BCUT2D eigenvalue weighted by molar-refractivity contribution is 1.16. The fraction of sp³-hybridized carbons (Fsp3) is 0. The van der Waals surface area contributed by atoms with Crippen LogP contribution >= 0.6 is 0 Å². The normalized spacial score (nSPS) is 12.4. The SMILES string of the molecule is c1ccc(-n2c3ccccc3c3cc4c(cc32)-c2c3ccccc3n3c5ccccc5n(c23)-c2ccccc2-4)cc1.